The van der Waals surface area contributed by atoms with Crippen molar-refractivity contribution in [3.63, 3.8) is 0 Å². The van der Waals surface area contributed by atoms with Gasteiger partial charge in [-0.25, -0.2) is 4.79 Å². The smallest absolute Gasteiger partial charge is 0.407 e. The summed E-state index contributed by atoms with van der Waals surface area (Å²) >= 11 is 3.53. The number of carbonyl (C=O) groups is 1. The van der Waals surface area contributed by atoms with Gasteiger partial charge < -0.3 is 10.1 Å². The Labute approximate surface area is 174 Å². The minimum absolute atomic E-state index is 0.130. The summed E-state index contributed by atoms with van der Waals surface area (Å²) in [5, 5.41) is 3.10. The summed E-state index contributed by atoms with van der Waals surface area (Å²) < 4.78 is 5.66. The van der Waals surface area contributed by atoms with Crippen molar-refractivity contribution in [2.75, 3.05) is 12.9 Å². The quantitative estimate of drug-likeness (QED) is 0.607. The maximum absolute atomic E-state index is 12.4. The summed E-state index contributed by atoms with van der Waals surface area (Å²) in [6.07, 6.45) is 9.87. The lowest BCUT2D eigenvalue weighted by Crippen LogP contribution is -2.36. The first-order chi connectivity index (χ1) is 13.8. The summed E-state index contributed by atoms with van der Waals surface area (Å²) in [6.45, 7) is 0.395. The van der Waals surface area contributed by atoms with Crippen molar-refractivity contribution in [1.29, 1.82) is 0 Å². The lowest BCUT2D eigenvalue weighted by Gasteiger charge is -2.21. The average molecular weight is 398 g/mol. The molecule has 0 heterocycles. The molecule has 0 saturated heterocycles. The van der Waals surface area contributed by atoms with Crippen molar-refractivity contribution in [1.82, 2.24) is 5.32 Å². The molecule has 0 radical (unpaired) electrons. The standard InChI is InChI=1S/C23H27NO2.CH4S/c25-23(24-17-10-4-2-1-3-5-11-17)26-16-22-20-14-8-6-12-18(20)19-13-7-9-15-21(19)22;1-2/h6-9,12-15,17,22H,1-5,10-11,16H2,(H,24,25);2H,1H3. The molecule has 0 atom stereocenters. The molecule has 0 spiro atoms. The van der Waals surface area contributed by atoms with E-state index in [9.17, 15) is 4.79 Å². The number of benzene rings is 2. The molecule has 2 aromatic carbocycles. The van der Waals surface area contributed by atoms with E-state index < -0.39 is 0 Å². The van der Waals surface area contributed by atoms with E-state index >= 15 is 0 Å². The normalized spacial score (nSPS) is 16.6. The Hall–Kier alpha value is -1.94. The molecule has 0 unspecified atom stereocenters. The van der Waals surface area contributed by atoms with E-state index in [0.29, 0.717) is 6.61 Å². The fourth-order valence-corrected chi connectivity index (χ4v) is 4.41. The molecule has 2 aliphatic carbocycles. The van der Waals surface area contributed by atoms with Gasteiger partial charge in [-0.1, -0.05) is 80.6 Å². The number of nitrogens with one attached hydrogen (secondary N) is 1. The molecule has 0 aromatic heterocycles. The van der Waals surface area contributed by atoms with Gasteiger partial charge in [-0.05, 0) is 41.4 Å². The van der Waals surface area contributed by atoms with Crippen LogP contribution in [0.25, 0.3) is 11.1 Å². The lowest BCUT2D eigenvalue weighted by atomic mass is 9.97. The number of rotatable bonds is 3. The number of thiol groups is 1. The lowest BCUT2D eigenvalue weighted by molar-refractivity contribution is 0.137. The van der Waals surface area contributed by atoms with Gasteiger partial charge in [0.15, 0.2) is 0 Å². The molecule has 150 valence electrons. The fraction of sp³-hybridized carbons (Fsp3) is 0.458. The van der Waals surface area contributed by atoms with Gasteiger partial charge in [-0.15, -0.1) is 0 Å². The first-order valence-electron chi connectivity index (χ1n) is 10.4. The van der Waals surface area contributed by atoms with Gasteiger partial charge in [-0.2, -0.15) is 12.6 Å². The van der Waals surface area contributed by atoms with Crippen LogP contribution in [0.3, 0.4) is 0 Å². The topological polar surface area (TPSA) is 38.3 Å². The minimum Gasteiger partial charge on any atom is -0.449 e. The minimum atomic E-state index is -0.266. The molecule has 1 N–H and O–H groups in total. The number of alkyl carbamates (subject to hydrolysis) is 1. The highest BCUT2D eigenvalue weighted by Crippen LogP contribution is 2.44. The van der Waals surface area contributed by atoms with E-state index in [-0.39, 0.29) is 18.1 Å². The van der Waals surface area contributed by atoms with Crippen LogP contribution < -0.4 is 5.32 Å². The molecular weight excluding hydrogens is 366 g/mol. The molecule has 1 saturated carbocycles. The third kappa shape index (κ3) is 4.91. The predicted octanol–water partition coefficient (Wildman–Crippen LogP) is 6.18. The summed E-state index contributed by atoms with van der Waals surface area (Å²) in [7, 11) is 0. The zero-order chi connectivity index (χ0) is 19.8. The van der Waals surface area contributed by atoms with E-state index in [2.05, 4.69) is 66.5 Å². The highest BCUT2D eigenvalue weighted by molar-refractivity contribution is 7.79. The molecular formula is C24H31NO2S. The van der Waals surface area contributed by atoms with Crippen LogP contribution in [-0.4, -0.2) is 25.0 Å². The molecule has 0 bridgehead atoms. The van der Waals surface area contributed by atoms with Gasteiger partial charge in [0.2, 0.25) is 0 Å². The Morgan fingerprint density at radius 2 is 1.39 bits per heavy atom. The Kier molecular flexibility index (Phi) is 7.84. The monoisotopic (exact) mass is 397 g/mol. The third-order valence-corrected chi connectivity index (χ3v) is 5.77. The Balaban J connectivity index is 0.00000109. The number of ether oxygens (including phenoxy) is 1. The van der Waals surface area contributed by atoms with Crippen LogP contribution in [0.15, 0.2) is 48.5 Å². The largest absolute Gasteiger partial charge is 0.449 e. The van der Waals surface area contributed by atoms with E-state index in [4.69, 9.17) is 4.74 Å². The van der Waals surface area contributed by atoms with Crippen LogP contribution in [0.2, 0.25) is 0 Å². The SMILES string of the molecule is CS.O=C(NC1CCCCCCC1)OCC1c2ccccc2-c2ccccc21. The fourth-order valence-electron chi connectivity index (χ4n) is 4.41. The van der Waals surface area contributed by atoms with Crippen molar-refractivity contribution in [3.8, 4) is 11.1 Å². The van der Waals surface area contributed by atoms with Crippen molar-refractivity contribution < 1.29 is 9.53 Å². The second-order valence-corrected chi connectivity index (χ2v) is 7.51. The molecule has 4 rings (SSSR count). The first-order valence-corrected chi connectivity index (χ1v) is 11.3. The zero-order valence-corrected chi connectivity index (χ0v) is 17.6. The van der Waals surface area contributed by atoms with Gasteiger partial charge in [0.1, 0.15) is 6.61 Å². The number of carbonyl (C=O) groups excluding carboxylic acids is 1. The van der Waals surface area contributed by atoms with Crippen LogP contribution in [0.4, 0.5) is 4.79 Å². The van der Waals surface area contributed by atoms with E-state index in [0.717, 1.165) is 12.8 Å². The Morgan fingerprint density at radius 1 is 0.893 bits per heavy atom. The summed E-state index contributed by atoms with van der Waals surface area (Å²) in [4.78, 5) is 12.4. The molecule has 4 heteroatoms. The Morgan fingerprint density at radius 3 is 1.96 bits per heavy atom. The molecule has 1 fully saturated rings. The van der Waals surface area contributed by atoms with Crippen molar-refractivity contribution in [2.45, 2.75) is 56.9 Å². The molecule has 28 heavy (non-hydrogen) atoms. The van der Waals surface area contributed by atoms with Gasteiger partial charge in [0.25, 0.3) is 0 Å². The van der Waals surface area contributed by atoms with Gasteiger partial charge in [-0.3, -0.25) is 0 Å². The number of amides is 1. The van der Waals surface area contributed by atoms with Crippen LogP contribution in [0.1, 0.15) is 62.0 Å². The van der Waals surface area contributed by atoms with Gasteiger partial charge >= 0.3 is 6.09 Å². The second-order valence-electron chi connectivity index (χ2n) is 7.51. The van der Waals surface area contributed by atoms with E-state index in [1.165, 1.54) is 54.4 Å². The third-order valence-electron chi connectivity index (χ3n) is 5.77. The predicted molar refractivity (Wildman–Crippen MR) is 119 cm³/mol. The highest BCUT2D eigenvalue weighted by atomic mass is 32.1. The van der Waals surface area contributed by atoms with E-state index in [1.807, 2.05) is 0 Å². The summed E-state index contributed by atoms with van der Waals surface area (Å²) in [5.74, 6) is 0.130. The van der Waals surface area contributed by atoms with Crippen LogP contribution in [-0.2, 0) is 4.74 Å². The molecule has 2 aromatic rings. The highest BCUT2D eigenvalue weighted by Gasteiger charge is 2.29. The maximum Gasteiger partial charge on any atom is 0.407 e. The molecule has 2 aliphatic rings. The summed E-state index contributed by atoms with van der Waals surface area (Å²) in [6, 6.07) is 17.1. The average Bonchev–Trinajstić information content (AvgIpc) is 3.04. The Bertz CT molecular complexity index is 723. The van der Waals surface area contributed by atoms with Crippen LogP contribution in [0, 0.1) is 0 Å². The van der Waals surface area contributed by atoms with Gasteiger partial charge in [0.05, 0.1) is 0 Å². The number of hydrogen-bond donors (Lipinski definition) is 2. The van der Waals surface area contributed by atoms with Crippen LogP contribution in [0.5, 0.6) is 0 Å². The first kappa shape index (κ1) is 20.8. The second kappa shape index (κ2) is 10.6. The van der Waals surface area contributed by atoms with Crippen molar-refractivity contribution in [3.05, 3.63) is 59.7 Å². The molecule has 3 nitrogen and oxygen atoms in total. The van der Waals surface area contributed by atoms with Crippen molar-refractivity contribution in [2.24, 2.45) is 0 Å². The number of hydrogen-bond acceptors (Lipinski definition) is 3. The number of fused-ring (bicyclic) bond motifs is 3. The van der Waals surface area contributed by atoms with Crippen LogP contribution >= 0.6 is 12.6 Å². The van der Waals surface area contributed by atoms with Gasteiger partial charge in [0, 0.05) is 12.0 Å². The summed E-state index contributed by atoms with van der Waals surface area (Å²) in [5.41, 5.74) is 5.04. The maximum atomic E-state index is 12.4. The van der Waals surface area contributed by atoms with Crippen molar-refractivity contribution >= 4 is 18.7 Å². The zero-order valence-electron chi connectivity index (χ0n) is 16.7. The molecule has 1 amide bonds. The molecule has 0 aliphatic heterocycles. The van der Waals surface area contributed by atoms with E-state index in [1.54, 1.807) is 6.26 Å².